The maximum Gasteiger partial charge on any atom is 0.221 e. The van der Waals surface area contributed by atoms with Crippen LogP contribution in [0.1, 0.15) is 232 Å². The molecule has 0 saturated carbocycles. The summed E-state index contributed by atoms with van der Waals surface area (Å²) in [5.41, 5.74) is 0. The summed E-state index contributed by atoms with van der Waals surface area (Å²) in [6.07, 6.45) is 42.5. The zero-order valence-electron chi connectivity index (χ0n) is 31.6. The zero-order valence-corrected chi connectivity index (χ0v) is 31.6. The Morgan fingerprint density at radius 1 is 0.391 bits per heavy atom. The normalized spacial score (nSPS) is 11.4. The molecule has 0 rings (SSSR count). The van der Waals surface area contributed by atoms with Crippen LogP contribution in [0.2, 0.25) is 0 Å². The van der Waals surface area contributed by atoms with Crippen molar-refractivity contribution in [2.45, 2.75) is 238 Å². The van der Waals surface area contributed by atoms with Crippen molar-refractivity contribution >= 4 is 11.8 Å². The van der Waals surface area contributed by atoms with E-state index in [0.717, 1.165) is 45.1 Å². The molecule has 0 aliphatic heterocycles. The van der Waals surface area contributed by atoms with Crippen molar-refractivity contribution in [1.29, 1.82) is 0 Å². The molecule has 3 N–H and O–H groups in total. The van der Waals surface area contributed by atoms with Crippen molar-refractivity contribution in [2.75, 3.05) is 13.6 Å². The van der Waals surface area contributed by atoms with Gasteiger partial charge in [-0.3, -0.25) is 9.59 Å². The Labute approximate surface area is 288 Å². The third-order valence-electron chi connectivity index (χ3n) is 9.60. The molecule has 0 aliphatic rings. The van der Waals surface area contributed by atoms with Crippen molar-refractivity contribution in [3.63, 3.8) is 0 Å². The molecule has 0 unspecified atom stereocenters. The van der Waals surface area contributed by atoms with Crippen molar-refractivity contribution in [1.82, 2.24) is 16.0 Å². The molecule has 0 saturated heterocycles. The fraction of sp³-hybridized carbons (Fsp3) is 0.951. The molecule has 0 fully saturated rings. The van der Waals surface area contributed by atoms with Gasteiger partial charge in [0, 0.05) is 12.8 Å². The number of unbranched alkanes of at least 4 members (excludes halogenated alkanes) is 28. The number of carbonyl (C=O) groups is 2. The summed E-state index contributed by atoms with van der Waals surface area (Å²) < 4.78 is 0. The Morgan fingerprint density at radius 3 is 0.913 bits per heavy atom. The van der Waals surface area contributed by atoms with Gasteiger partial charge in [-0.15, -0.1) is 0 Å². The van der Waals surface area contributed by atoms with Gasteiger partial charge in [-0.25, -0.2) is 0 Å². The highest BCUT2D eigenvalue weighted by Gasteiger charge is 2.14. The Bertz CT molecular complexity index is 579. The lowest BCUT2D eigenvalue weighted by molar-refractivity contribution is -0.124. The van der Waals surface area contributed by atoms with E-state index in [1.54, 1.807) is 0 Å². The second-order valence-electron chi connectivity index (χ2n) is 14.3. The minimum absolute atomic E-state index is 0.0800. The molecule has 0 atom stereocenters. The second-order valence-corrected chi connectivity index (χ2v) is 14.3. The number of amides is 2. The molecule has 0 spiro atoms. The lowest BCUT2D eigenvalue weighted by atomic mass is 10.0. The third kappa shape index (κ3) is 35.7. The molecule has 274 valence electrons. The van der Waals surface area contributed by atoms with Crippen LogP contribution >= 0.6 is 0 Å². The van der Waals surface area contributed by atoms with Gasteiger partial charge < -0.3 is 16.0 Å². The van der Waals surface area contributed by atoms with Gasteiger partial charge in [-0.05, 0) is 39.3 Å². The Hall–Kier alpha value is -1.10. The van der Waals surface area contributed by atoms with Crippen molar-refractivity contribution in [3.05, 3.63) is 0 Å². The summed E-state index contributed by atoms with van der Waals surface area (Å²) in [5.74, 6) is 0.160. The van der Waals surface area contributed by atoms with Crippen LogP contribution < -0.4 is 16.0 Å². The van der Waals surface area contributed by atoms with Crippen LogP contribution in [-0.4, -0.2) is 31.6 Å². The van der Waals surface area contributed by atoms with E-state index in [4.69, 9.17) is 0 Å². The monoisotopic (exact) mass is 650 g/mol. The largest absolute Gasteiger partial charge is 0.336 e. The van der Waals surface area contributed by atoms with E-state index >= 15 is 0 Å². The molecule has 2 amide bonds. The Balaban J connectivity index is 3.78. The van der Waals surface area contributed by atoms with E-state index in [2.05, 4.69) is 29.8 Å². The van der Waals surface area contributed by atoms with Crippen LogP contribution in [0.25, 0.3) is 0 Å². The average molecular weight is 650 g/mol. The lowest BCUT2D eigenvalue weighted by Gasteiger charge is -2.20. The van der Waals surface area contributed by atoms with Gasteiger partial charge in [0.15, 0.2) is 0 Å². The van der Waals surface area contributed by atoms with Crippen molar-refractivity contribution in [2.24, 2.45) is 0 Å². The molecule has 5 nitrogen and oxygen atoms in total. The van der Waals surface area contributed by atoms with Gasteiger partial charge in [0.2, 0.25) is 11.8 Å². The van der Waals surface area contributed by atoms with Gasteiger partial charge in [0.1, 0.15) is 6.17 Å². The maximum atomic E-state index is 12.6. The van der Waals surface area contributed by atoms with Crippen LogP contribution in [0, 0.1) is 0 Å². The van der Waals surface area contributed by atoms with Crippen LogP contribution in [0.15, 0.2) is 0 Å². The molecule has 0 radical (unpaired) electrons. The van der Waals surface area contributed by atoms with Gasteiger partial charge in [-0.2, -0.15) is 0 Å². The predicted octanol–water partition coefficient (Wildman–Crippen LogP) is 12.1. The first kappa shape index (κ1) is 44.9. The highest BCUT2D eigenvalue weighted by Crippen LogP contribution is 2.15. The van der Waals surface area contributed by atoms with Crippen molar-refractivity contribution < 1.29 is 9.59 Å². The van der Waals surface area contributed by atoms with E-state index in [1.165, 1.54) is 167 Å². The first-order valence-electron chi connectivity index (χ1n) is 20.9. The highest BCUT2D eigenvalue weighted by molar-refractivity contribution is 5.79. The summed E-state index contributed by atoms with van der Waals surface area (Å²) in [7, 11) is 1.94. The minimum Gasteiger partial charge on any atom is -0.336 e. The van der Waals surface area contributed by atoms with Crippen LogP contribution in [0.4, 0.5) is 0 Å². The van der Waals surface area contributed by atoms with E-state index < -0.39 is 0 Å². The Kier molecular flexibility index (Phi) is 37.4. The fourth-order valence-electron chi connectivity index (χ4n) is 6.51. The minimum atomic E-state index is -0.249. The number of carbonyl (C=O) groups excluding carboxylic acids is 2. The standard InChI is InChI=1S/C41H83N3O2/c1-4-6-8-10-12-14-16-18-20-22-24-26-28-30-32-36-40(45)43-39(35-34-38-42-3)44-41(46)37-33-31-29-27-25-23-21-19-17-15-13-11-9-7-5-2/h39,42H,4-38H2,1-3H3,(H,43,45)(H,44,46). The van der Waals surface area contributed by atoms with Gasteiger partial charge in [-0.1, -0.05) is 194 Å². The molecule has 0 aliphatic carbocycles. The number of hydrogen-bond donors (Lipinski definition) is 3. The van der Waals surface area contributed by atoms with Crippen molar-refractivity contribution in [3.8, 4) is 0 Å². The first-order chi connectivity index (χ1) is 22.6. The molecular formula is C41H83N3O2. The third-order valence-corrected chi connectivity index (χ3v) is 9.60. The van der Waals surface area contributed by atoms with E-state index in [-0.39, 0.29) is 18.0 Å². The number of hydrogen-bond acceptors (Lipinski definition) is 3. The molecule has 46 heavy (non-hydrogen) atoms. The number of nitrogens with one attached hydrogen (secondary N) is 3. The second kappa shape index (κ2) is 38.3. The van der Waals surface area contributed by atoms with Gasteiger partial charge in [0.25, 0.3) is 0 Å². The molecule has 0 bridgehead atoms. The SMILES string of the molecule is CCCCCCCCCCCCCCCCCC(=O)NC(CCCNC)NC(=O)CCCCCCCCCCCCCCCCC. The van der Waals surface area contributed by atoms with Crippen LogP contribution in [0.3, 0.4) is 0 Å². The molecule has 0 aromatic carbocycles. The molecule has 0 heterocycles. The first-order valence-corrected chi connectivity index (χ1v) is 20.9. The molecule has 0 aromatic heterocycles. The number of rotatable bonds is 38. The molecule has 5 heteroatoms. The zero-order chi connectivity index (χ0) is 33.6. The fourth-order valence-corrected chi connectivity index (χ4v) is 6.51. The summed E-state index contributed by atoms with van der Waals surface area (Å²) in [6.45, 7) is 5.46. The van der Waals surface area contributed by atoms with Crippen LogP contribution in [0.5, 0.6) is 0 Å². The summed E-state index contributed by atoms with van der Waals surface area (Å²) >= 11 is 0. The molecule has 0 aromatic rings. The van der Waals surface area contributed by atoms with Gasteiger partial charge >= 0.3 is 0 Å². The maximum absolute atomic E-state index is 12.6. The quantitative estimate of drug-likeness (QED) is 0.0460. The average Bonchev–Trinajstić information content (AvgIpc) is 3.04. The summed E-state index contributed by atoms with van der Waals surface area (Å²) in [5, 5.41) is 9.40. The highest BCUT2D eigenvalue weighted by atomic mass is 16.2. The van der Waals surface area contributed by atoms with Crippen LogP contribution in [-0.2, 0) is 9.59 Å². The Morgan fingerprint density at radius 2 is 0.652 bits per heavy atom. The summed E-state index contributed by atoms with van der Waals surface area (Å²) in [4.78, 5) is 25.3. The van der Waals surface area contributed by atoms with E-state index in [1.807, 2.05) is 7.05 Å². The molecular weight excluding hydrogens is 566 g/mol. The topological polar surface area (TPSA) is 70.2 Å². The lowest BCUT2D eigenvalue weighted by Crippen LogP contribution is -2.48. The summed E-state index contributed by atoms with van der Waals surface area (Å²) in [6, 6.07) is 0. The van der Waals surface area contributed by atoms with E-state index in [9.17, 15) is 9.59 Å². The van der Waals surface area contributed by atoms with E-state index in [0.29, 0.717) is 12.8 Å². The van der Waals surface area contributed by atoms with Gasteiger partial charge in [0.05, 0.1) is 0 Å². The smallest absolute Gasteiger partial charge is 0.221 e. The predicted molar refractivity (Wildman–Crippen MR) is 202 cm³/mol.